The Balaban J connectivity index is 2.35. The predicted octanol–water partition coefficient (Wildman–Crippen LogP) is 3.50. The zero-order valence-corrected chi connectivity index (χ0v) is 7.75. The molecule has 0 bridgehead atoms. The smallest absolute Gasteiger partial charge is 0.432 e. The van der Waals surface area contributed by atoms with Crippen LogP contribution in [0.4, 0.5) is 17.6 Å². The molecular formula is C10H5F4NO. The molecule has 0 aliphatic rings. The van der Waals surface area contributed by atoms with Crippen molar-refractivity contribution in [2.45, 2.75) is 6.18 Å². The van der Waals surface area contributed by atoms with Gasteiger partial charge in [0.2, 0.25) is 11.7 Å². The number of nitrogens with zero attached hydrogens (tertiary/aromatic N) is 1. The number of aromatic nitrogens is 1. The normalized spacial score (nSPS) is 11.8. The third-order valence-corrected chi connectivity index (χ3v) is 1.88. The van der Waals surface area contributed by atoms with Crippen molar-refractivity contribution in [3.63, 3.8) is 0 Å². The van der Waals surface area contributed by atoms with Gasteiger partial charge >= 0.3 is 6.18 Å². The Hall–Kier alpha value is -1.85. The van der Waals surface area contributed by atoms with Crippen molar-refractivity contribution in [3.05, 3.63) is 42.0 Å². The largest absolute Gasteiger partial charge is 0.451 e. The molecule has 1 heterocycles. The van der Waals surface area contributed by atoms with E-state index in [-0.39, 0.29) is 11.5 Å². The minimum atomic E-state index is -4.56. The Labute approximate surface area is 87.5 Å². The van der Waals surface area contributed by atoms with E-state index in [1.807, 2.05) is 0 Å². The lowest BCUT2D eigenvalue weighted by Crippen LogP contribution is -2.02. The summed E-state index contributed by atoms with van der Waals surface area (Å²) >= 11 is 0. The number of hydrogen-bond donors (Lipinski definition) is 0. The first-order valence-electron chi connectivity index (χ1n) is 4.26. The molecule has 0 saturated heterocycles. The van der Waals surface area contributed by atoms with Gasteiger partial charge in [0.05, 0.1) is 6.20 Å². The van der Waals surface area contributed by atoms with Crippen molar-refractivity contribution < 1.29 is 22.0 Å². The van der Waals surface area contributed by atoms with Gasteiger partial charge in [0, 0.05) is 5.56 Å². The number of alkyl halides is 3. The van der Waals surface area contributed by atoms with Gasteiger partial charge < -0.3 is 4.42 Å². The molecule has 84 valence electrons. The van der Waals surface area contributed by atoms with Gasteiger partial charge in [0.25, 0.3) is 0 Å². The van der Waals surface area contributed by atoms with E-state index in [1.165, 1.54) is 12.1 Å². The zero-order valence-electron chi connectivity index (χ0n) is 7.75. The molecule has 0 radical (unpaired) electrons. The van der Waals surface area contributed by atoms with Crippen molar-refractivity contribution in [3.8, 4) is 11.5 Å². The average Bonchev–Trinajstić information content (AvgIpc) is 2.67. The Bertz CT molecular complexity index is 486. The summed E-state index contributed by atoms with van der Waals surface area (Å²) < 4.78 is 53.6. The maximum Gasteiger partial charge on any atom is 0.451 e. The van der Waals surface area contributed by atoms with Crippen molar-refractivity contribution in [1.82, 2.24) is 4.98 Å². The summed E-state index contributed by atoms with van der Waals surface area (Å²) in [5, 5.41) is 0. The first-order valence-corrected chi connectivity index (χ1v) is 4.26. The highest BCUT2D eigenvalue weighted by Gasteiger charge is 2.35. The monoisotopic (exact) mass is 231 g/mol. The molecule has 0 unspecified atom stereocenters. The summed E-state index contributed by atoms with van der Waals surface area (Å²) in [6, 6.07) is 4.82. The minimum Gasteiger partial charge on any atom is -0.432 e. The van der Waals surface area contributed by atoms with E-state index in [2.05, 4.69) is 9.40 Å². The fourth-order valence-corrected chi connectivity index (χ4v) is 1.13. The molecule has 0 aliphatic heterocycles. The van der Waals surface area contributed by atoms with Crippen LogP contribution in [0, 0.1) is 5.82 Å². The second-order valence-corrected chi connectivity index (χ2v) is 3.03. The van der Waals surface area contributed by atoms with Crippen molar-refractivity contribution in [2.75, 3.05) is 0 Å². The van der Waals surface area contributed by atoms with Crippen LogP contribution >= 0.6 is 0 Å². The van der Waals surface area contributed by atoms with Gasteiger partial charge in [-0.15, -0.1) is 0 Å². The lowest BCUT2D eigenvalue weighted by Gasteiger charge is -1.99. The topological polar surface area (TPSA) is 26.0 Å². The van der Waals surface area contributed by atoms with E-state index in [0.29, 0.717) is 6.20 Å². The number of rotatable bonds is 1. The van der Waals surface area contributed by atoms with Crippen LogP contribution in [0.5, 0.6) is 0 Å². The number of benzene rings is 1. The molecule has 0 N–H and O–H groups in total. The van der Waals surface area contributed by atoms with Crippen molar-refractivity contribution in [2.24, 2.45) is 0 Å². The first kappa shape index (κ1) is 10.7. The molecule has 0 fully saturated rings. The van der Waals surface area contributed by atoms with E-state index in [1.54, 1.807) is 0 Å². The quantitative estimate of drug-likeness (QED) is 0.702. The molecule has 0 atom stereocenters. The van der Waals surface area contributed by atoms with Gasteiger partial charge in [-0.05, 0) is 24.3 Å². The summed E-state index contributed by atoms with van der Waals surface area (Å²) in [5.74, 6) is -1.84. The minimum absolute atomic E-state index is 0.188. The summed E-state index contributed by atoms with van der Waals surface area (Å²) in [4.78, 5) is 3.47. The molecule has 1 aromatic carbocycles. The van der Waals surface area contributed by atoms with Gasteiger partial charge in [0.1, 0.15) is 5.82 Å². The number of oxazole rings is 1. The Morgan fingerprint density at radius 2 is 1.69 bits per heavy atom. The third kappa shape index (κ3) is 2.05. The van der Waals surface area contributed by atoms with E-state index >= 15 is 0 Å². The van der Waals surface area contributed by atoms with Crippen LogP contribution in [0.15, 0.2) is 34.9 Å². The van der Waals surface area contributed by atoms with Crippen LogP contribution in [0.25, 0.3) is 11.5 Å². The molecule has 1 aromatic heterocycles. The molecule has 0 saturated carbocycles. The van der Waals surface area contributed by atoms with E-state index in [4.69, 9.17) is 0 Å². The lowest BCUT2D eigenvalue weighted by molar-refractivity contribution is -0.152. The van der Waals surface area contributed by atoms with E-state index in [0.717, 1.165) is 12.1 Å². The Kier molecular flexibility index (Phi) is 2.41. The van der Waals surface area contributed by atoms with Gasteiger partial charge in [-0.1, -0.05) is 0 Å². The van der Waals surface area contributed by atoms with Crippen LogP contribution in [0.2, 0.25) is 0 Å². The average molecular weight is 231 g/mol. The Morgan fingerprint density at radius 3 is 2.19 bits per heavy atom. The SMILES string of the molecule is Fc1ccc(-c2ncc(C(F)(F)F)o2)cc1. The summed E-state index contributed by atoms with van der Waals surface area (Å²) in [7, 11) is 0. The maximum absolute atomic E-state index is 12.6. The zero-order chi connectivity index (χ0) is 11.8. The molecule has 6 heteroatoms. The molecule has 2 aromatic rings. The molecule has 0 amide bonds. The van der Waals surface area contributed by atoms with Crippen molar-refractivity contribution in [1.29, 1.82) is 0 Å². The van der Waals surface area contributed by atoms with Gasteiger partial charge in [-0.25, -0.2) is 9.37 Å². The lowest BCUT2D eigenvalue weighted by atomic mass is 10.2. The Morgan fingerprint density at radius 1 is 1.06 bits per heavy atom. The highest BCUT2D eigenvalue weighted by atomic mass is 19.4. The fraction of sp³-hybridized carbons (Fsp3) is 0.100. The van der Waals surface area contributed by atoms with Crippen LogP contribution < -0.4 is 0 Å². The van der Waals surface area contributed by atoms with Crippen LogP contribution in [0.3, 0.4) is 0 Å². The van der Waals surface area contributed by atoms with Gasteiger partial charge in [-0.3, -0.25) is 0 Å². The molecular weight excluding hydrogens is 226 g/mol. The third-order valence-electron chi connectivity index (χ3n) is 1.88. The van der Waals surface area contributed by atoms with Crippen LogP contribution in [-0.4, -0.2) is 4.98 Å². The maximum atomic E-state index is 12.6. The highest BCUT2D eigenvalue weighted by molar-refractivity contribution is 5.52. The summed E-state index contributed by atoms with van der Waals surface area (Å²) in [6.07, 6.45) is -3.97. The fourth-order valence-electron chi connectivity index (χ4n) is 1.13. The number of hydrogen-bond acceptors (Lipinski definition) is 2. The summed E-state index contributed by atoms with van der Waals surface area (Å²) in [6.45, 7) is 0. The molecule has 2 nitrogen and oxygen atoms in total. The molecule has 0 aliphatic carbocycles. The van der Waals surface area contributed by atoms with Gasteiger partial charge in [-0.2, -0.15) is 13.2 Å². The predicted molar refractivity (Wildman–Crippen MR) is 46.9 cm³/mol. The first-order chi connectivity index (χ1) is 7.47. The van der Waals surface area contributed by atoms with Gasteiger partial charge in [0.15, 0.2) is 0 Å². The summed E-state index contributed by atoms with van der Waals surface area (Å²) in [5.41, 5.74) is 0.289. The second-order valence-electron chi connectivity index (χ2n) is 3.03. The van der Waals surface area contributed by atoms with Crippen LogP contribution in [0.1, 0.15) is 5.76 Å². The standard InChI is InChI=1S/C10H5F4NO/c11-7-3-1-6(2-4-7)9-15-5-8(16-9)10(12,13)14/h1-5H. The second kappa shape index (κ2) is 3.62. The molecule has 2 rings (SSSR count). The highest BCUT2D eigenvalue weighted by Crippen LogP contribution is 2.31. The molecule has 16 heavy (non-hydrogen) atoms. The van der Waals surface area contributed by atoms with E-state index < -0.39 is 17.8 Å². The van der Waals surface area contributed by atoms with Crippen molar-refractivity contribution >= 4 is 0 Å². The number of halogens is 4. The van der Waals surface area contributed by atoms with Crippen LogP contribution in [-0.2, 0) is 6.18 Å². The van der Waals surface area contributed by atoms with E-state index in [9.17, 15) is 17.6 Å². The molecule has 0 spiro atoms.